The molecule has 1 fully saturated rings. The van der Waals surface area contributed by atoms with Crippen LogP contribution in [0.15, 0.2) is 42.5 Å². The Morgan fingerprint density at radius 3 is 1.86 bits per heavy atom. The van der Waals surface area contributed by atoms with E-state index in [2.05, 4.69) is 21.6 Å². The van der Waals surface area contributed by atoms with Gasteiger partial charge in [0.15, 0.2) is 0 Å². The molecule has 2 aromatic carbocycles. The predicted molar refractivity (Wildman–Crippen MR) is 112 cm³/mol. The van der Waals surface area contributed by atoms with Crippen LogP contribution in [0.25, 0.3) is 0 Å². The molecule has 0 bridgehead atoms. The van der Waals surface area contributed by atoms with E-state index < -0.39 is 0 Å². The Balaban J connectivity index is 1.40. The van der Waals surface area contributed by atoms with Crippen molar-refractivity contribution in [2.24, 2.45) is 0 Å². The molecule has 1 aliphatic heterocycles. The lowest BCUT2D eigenvalue weighted by atomic mass is 10.1. The van der Waals surface area contributed by atoms with Gasteiger partial charge in [-0.2, -0.15) is 0 Å². The summed E-state index contributed by atoms with van der Waals surface area (Å²) < 4.78 is 13.2. The number of carbonyl (C=O) groups excluding carboxylic acids is 2. The highest BCUT2D eigenvalue weighted by molar-refractivity contribution is 5.93. The number of piperazine rings is 1. The zero-order chi connectivity index (χ0) is 20.8. The number of hydrogen-bond acceptors (Lipinski definition) is 4. The molecule has 0 spiro atoms. The highest BCUT2D eigenvalue weighted by atomic mass is 19.1. The second kappa shape index (κ2) is 9.62. The number of anilines is 2. The molecule has 2 amide bonds. The first-order chi connectivity index (χ1) is 13.9. The third kappa shape index (κ3) is 6.66. The average molecular weight is 398 g/mol. The summed E-state index contributed by atoms with van der Waals surface area (Å²) in [5.41, 5.74) is 3.51. The Hall–Kier alpha value is -2.77. The van der Waals surface area contributed by atoms with Gasteiger partial charge in [0, 0.05) is 37.6 Å². The molecule has 0 saturated carbocycles. The van der Waals surface area contributed by atoms with E-state index in [0.29, 0.717) is 38.4 Å². The summed E-state index contributed by atoms with van der Waals surface area (Å²) >= 11 is 0. The molecule has 0 aromatic heterocycles. The summed E-state index contributed by atoms with van der Waals surface area (Å²) in [7, 11) is 0. The molecule has 0 unspecified atom stereocenters. The van der Waals surface area contributed by atoms with Crippen LogP contribution in [0.1, 0.15) is 11.1 Å². The summed E-state index contributed by atoms with van der Waals surface area (Å²) in [6.45, 7) is 7.43. The van der Waals surface area contributed by atoms with E-state index >= 15 is 0 Å². The molecule has 6 nitrogen and oxygen atoms in total. The number of benzene rings is 2. The van der Waals surface area contributed by atoms with Crippen molar-refractivity contribution < 1.29 is 14.0 Å². The van der Waals surface area contributed by atoms with Crippen molar-refractivity contribution in [1.29, 1.82) is 0 Å². The van der Waals surface area contributed by atoms with Gasteiger partial charge in [0.2, 0.25) is 11.8 Å². The number of nitrogens with one attached hydrogen (secondary N) is 2. The van der Waals surface area contributed by atoms with Crippen LogP contribution in [0.2, 0.25) is 0 Å². The van der Waals surface area contributed by atoms with E-state index in [9.17, 15) is 14.0 Å². The van der Waals surface area contributed by atoms with Crippen molar-refractivity contribution in [3.63, 3.8) is 0 Å². The van der Waals surface area contributed by atoms with E-state index in [1.54, 1.807) is 12.1 Å². The molecule has 1 heterocycles. The third-order valence-electron chi connectivity index (χ3n) is 4.81. The number of halogens is 1. The van der Waals surface area contributed by atoms with E-state index in [1.807, 2.05) is 30.9 Å². The van der Waals surface area contributed by atoms with Crippen molar-refractivity contribution >= 4 is 23.2 Å². The average Bonchev–Trinajstić information content (AvgIpc) is 2.62. The standard InChI is InChI=1S/C22H27FN4O2/c1-16-10-17(2)12-20(11-16)25-22(29)15-27-8-6-26(7-9-27)14-21(28)24-19-5-3-4-18(23)13-19/h3-5,10-13H,6-9,14-15H2,1-2H3,(H,24,28)(H,25,29). The number of amides is 2. The molecular weight excluding hydrogens is 371 g/mol. The summed E-state index contributed by atoms with van der Waals surface area (Å²) in [4.78, 5) is 28.6. The number of rotatable bonds is 6. The van der Waals surface area contributed by atoms with Crippen LogP contribution in [-0.2, 0) is 9.59 Å². The fourth-order valence-corrected chi connectivity index (χ4v) is 3.53. The van der Waals surface area contributed by atoms with E-state index in [4.69, 9.17) is 0 Å². The minimum absolute atomic E-state index is 0.0349. The summed E-state index contributed by atoms with van der Waals surface area (Å²) in [6, 6.07) is 11.8. The quantitative estimate of drug-likeness (QED) is 0.785. The maximum absolute atomic E-state index is 13.2. The number of nitrogens with zero attached hydrogens (tertiary/aromatic N) is 2. The fraction of sp³-hybridized carbons (Fsp3) is 0.364. The molecule has 7 heteroatoms. The maximum Gasteiger partial charge on any atom is 0.238 e. The molecule has 0 aliphatic carbocycles. The first-order valence-electron chi connectivity index (χ1n) is 9.76. The highest BCUT2D eigenvalue weighted by Gasteiger charge is 2.20. The van der Waals surface area contributed by atoms with Gasteiger partial charge in [-0.15, -0.1) is 0 Å². The maximum atomic E-state index is 13.2. The number of aryl methyl sites for hydroxylation is 2. The lowest BCUT2D eigenvalue weighted by Crippen LogP contribution is -2.50. The predicted octanol–water partition coefficient (Wildman–Crippen LogP) is 2.64. The zero-order valence-electron chi connectivity index (χ0n) is 16.9. The zero-order valence-corrected chi connectivity index (χ0v) is 16.9. The van der Waals surface area contributed by atoms with E-state index in [0.717, 1.165) is 16.8 Å². The Labute approximate surface area is 170 Å². The van der Waals surface area contributed by atoms with Crippen LogP contribution < -0.4 is 10.6 Å². The topological polar surface area (TPSA) is 64.7 Å². The largest absolute Gasteiger partial charge is 0.325 e. The number of carbonyl (C=O) groups is 2. The van der Waals surface area contributed by atoms with Gasteiger partial charge in [-0.1, -0.05) is 12.1 Å². The summed E-state index contributed by atoms with van der Waals surface area (Å²) in [5, 5.41) is 5.67. The molecular formula is C22H27FN4O2. The lowest BCUT2D eigenvalue weighted by molar-refractivity contribution is -0.120. The van der Waals surface area contributed by atoms with E-state index in [-0.39, 0.29) is 24.2 Å². The van der Waals surface area contributed by atoms with Crippen LogP contribution >= 0.6 is 0 Å². The van der Waals surface area contributed by atoms with Crippen LogP contribution in [0.3, 0.4) is 0 Å². The number of hydrogen-bond donors (Lipinski definition) is 2. The molecule has 2 N–H and O–H groups in total. The summed E-state index contributed by atoms with van der Waals surface area (Å²) in [6.07, 6.45) is 0. The van der Waals surface area contributed by atoms with Gasteiger partial charge in [-0.05, 0) is 55.3 Å². The molecule has 154 valence electrons. The van der Waals surface area contributed by atoms with Gasteiger partial charge in [0.1, 0.15) is 5.82 Å². The SMILES string of the molecule is Cc1cc(C)cc(NC(=O)CN2CCN(CC(=O)Nc3cccc(F)c3)CC2)c1. The Morgan fingerprint density at radius 1 is 0.828 bits per heavy atom. The minimum Gasteiger partial charge on any atom is -0.325 e. The van der Waals surface area contributed by atoms with Crippen molar-refractivity contribution in [3.8, 4) is 0 Å². The first kappa shape index (κ1) is 21.0. The van der Waals surface area contributed by atoms with Gasteiger partial charge in [0.05, 0.1) is 13.1 Å². The van der Waals surface area contributed by atoms with Crippen LogP contribution in [0.4, 0.5) is 15.8 Å². The lowest BCUT2D eigenvalue weighted by Gasteiger charge is -2.33. The summed E-state index contributed by atoms with van der Waals surface area (Å²) in [5.74, 6) is -0.584. The van der Waals surface area contributed by atoms with Crippen LogP contribution in [-0.4, -0.2) is 60.9 Å². The normalized spacial score (nSPS) is 15.1. The van der Waals surface area contributed by atoms with Crippen LogP contribution in [0, 0.1) is 19.7 Å². The molecule has 0 atom stereocenters. The van der Waals surface area contributed by atoms with Crippen molar-refractivity contribution in [2.45, 2.75) is 13.8 Å². The molecule has 2 aromatic rings. The smallest absolute Gasteiger partial charge is 0.238 e. The Morgan fingerprint density at radius 2 is 1.34 bits per heavy atom. The second-order valence-electron chi connectivity index (χ2n) is 7.54. The minimum atomic E-state index is -0.379. The molecule has 3 rings (SSSR count). The monoisotopic (exact) mass is 398 g/mol. The Kier molecular flexibility index (Phi) is 6.95. The van der Waals surface area contributed by atoms with Crippen molar-refractivity contribution in [2.75, 3.05) is 49.9 Å². The van der Waals surface area contributed by atoms with Gasteiger partial charge >= 0.3 is 0 Å². The van der Waals surface area contributed by atoms with Crippen molar-refractivity contribution in [1.82, 2.24) is 9.80 Å². The Bertz CT molecular complexity index is 859. The van der Waals surface area contributed by atoms with Gasteiger partial charge in [0.25, 0.3) is 0 Å². The molecule has 0 radical (unpaired) electrons. The van der Waals surface area contributed by atoms with Crippen molar-refractivity contribution in [3.05, 3.63) is 59.4 Å². The fourth-order valence-electron chi connectivity index (χ4n) is 3.53. The molecule has 1 aliphatic rings. The first-order valence-corrected chi connectivity index (χ1v) is 9.76. The second-order valence-corrected chi connectivity index (χ2v) is 7.54. The van der Waals surface area contributed by atoms with Gasteiger partial charge in [-0.25, -0.2) is 4.39 Å². The van der Waals surface area contributed by atoms with Gasteiger partial charge in [-0.3, -0.25) is 19.4 Å². The third-order valence-corrected chi connectivity index (χ3v) is 4.81. The van der Waals surface area contributed by atoms with Crippen LogP contribution in [0.5, 0.6) is 0 Å². The molecule has 1 saturated heterocycles. The van der Waals surface area contributed by atoms with Gasteiger partial charge < -0.3 is 10.6 Å². The molecule has 29 heavy (non-hydrogen) atoms. The highest BCUT2D eigenvalue weighted by Crippen LogP contribution is 2.14. The van der Waals surface area contributed by atoms with E-state index in [1.165, 1.54) is 12.1 Å².